The van der Waals surface area contributed by atoms with Gasteiger partial charge >= 0.3 is 12.1 Å². The lowest BCUT2D eigenvalue weighted by Crippen LogP contribution is -2.58. The number of H-pyrrole nitrogens is 1. The molecule has 5 rings (SSSR count). The molecule has 1 unspecified atom stereocenters. The lowest BCUT2D eigenvalue weighted by atomic mass is 9.78. The van der Waals surface area contributed by atoms with Crippen LogP contribution in [0.15, 0.2) is 84.9 Å². The minimum absolute atomic E-state index is 0.0775. The molecule has 208 valence electrons. The highest BCUT2D eigenvalue weighted by Crippen LogP contribution is 2.43. The maximum absolute atomic E-state index is 13.8. The molecular formula is C30H27ClF4N3O2+. The molecule has 0 amide bonds. The number of rotatable bonds is 7. The average molecular weight is 573 g/mol. The van der Waals surface area contributed by atoms with E-state index in [2.05, 4.69) is 10.2 Å². The Morgan fingerprint density at radius 2 is 1.70 bits per heavy atom. The number of hydroxylamine groups is 3. The van der Waals surface area contributed by atoms with Gasteiger partial charge in [0.15, 0.2) is 0 Å². The van der Waals surface area contributed by atoms with E-state index in [1.165, 1.54) is 12.1 Å². The van der Waals surface area contributed by atoms with E-state index in [1.54, 1.807) is 24.3 Å². The molecule has 4 aromatic rings. The number of carbonyl (C=O) groups is 1. The smallest absolute Gasteiger partial charge is 0.278 e. The summed E-state index contributed by atoms with van der Waals surface area (Å²) < 4.78 is 53.5. The monoisotopic (exact) mass is 572 g/mol. The first-order valence-corrected chi connectivity index (χ1v) is 13.3. The summed E-state index contributed by atoms with van der Waals surface area (Å²) in [4.78, 5) is 17.4. The van der Waals surface area contributed by atoms with Crippen LogP contribution in [0.25, 0.3) is 11.3 Å². The minimum atomic E-state index is -5.13. The van der Waals surface area contributed by atoms with Gasteiger partial charge in [-0.1, -0.05) is 66.2 Å². The number of likely N-dealkylation sites (tertiary alicyclic amines) is 1. The summed E-state index contributed by atoms with van der Waals surface area (Å²) in [6.07, 6.45) is -4.32. The highest BCUT2D eigenvalue weighted by atomic mass is 35.5. The van der Waals surface area contributed by atoms with Crippen LogP contribution >= 0.6 is 11.6 Å². The van der Waals surface area contributed by atoms with E-state index in [0.717, 1.165) is 28.1 Å². The number of hydrogen-bond donors (Lipinski definition) is 1. The van der Waals surface area contributed by atoms with Crippen molar-refractivity contribution in [3.05, 3.63) is 113 Å². The maximum Gasteiger partial charge on any atom is 0.497 e. The molecule has 0 spiro atoms. The zero-order chi connectivity index (χ0) is 28.3. The first kappa shape index (κ1) is 27.9. The van der Waals surface area contributed by atoms with Crippen LogP contribution in [0, 0.1) is 5.82 Å². The Bertz CT molecular complexity index is 1440. The van der Waals surface area contributed by atoms with E-state index in [9.17, 15) is 22.4 Å². The second kappa shape index (κ2) is 11.4. The van der Waals surface area contributed by atoms with Gasteiger partial charge in [0, 0.05) is 29.7 Å². The Kier molecular flexibility index (Phi) is 7.96. The van der Waals surface area contributed by atoms with Gasteiger partial charge in [-0.05, 0) is 47.0 Å². The zero-order valence-corrected chi connectivity index (χ0v) is 22.1. The number of aromatic amines is 1. The molecule has 10 heteroatoms. The fourth-order valence-electron chi connectivity index (χ4n) is 5.40. The summed E-state index contributed by atoms with van der Waals surface area (Å²) in [6, 6.07) is 24.4. The molecule has 3 aromatic carbocycles. The molecule has 2 heterocycles. The fourth-order valence-corrected chi connectivity index (χ4v) is 5.52. The number of carbonyl (C=O) groups excluding carboxylic acids is 1. The van der Waals surface area contributed by atoms with Crippen LogP contribution in [0.4, 0.5) is 17.6 Å². The molecule has 1 aromatic heterocycles. The van der Waals surface area contributed by atoms with Crippen molar-refractivity contribution in [2.24, 2.45) is 0 Å². The molecule has 1 saturated heterocycles. The van der Waals surface area contributed by atoms with Crippen molar-refractivity contribution in [2.75, 3.05) is 19.6 Å². The van der Waals surface area contributed by atoms with Gasteiger partial charge in [-0.2, -0.15) is 18.3 Å². The first-order valence-electron chi connectivity index (χ1n) is 12.9. The third-order valence-electron chi connectivity index (χ3n) is 7.45. The normalized spacial score (nSPS) is 21.2. The molecule has 1 N–H and O–H groups in total. The molecule has 40 heavy (non-hydrogen) atoms. The number of quaternary nitrogens is 1. The highest BCUT2D eigenvalue weighted by molar-refractivity contribution is 6.30. The molecule has 5 nitrogen and oxygen atoms in total. The van der Waals surface area contributed by atoms with Crippen molar-refractivity contribution in [3.8, 4) is 11.3 Å². The highest BCUT2D eigenvalue weighted by Gasteiger charge is 2.51. The fraction of sp³-hybridized carbons (Fsp3) is 0.267. The molecule has 0 bridgehead atoms. The number of hydrogen-bond acceptors (Lipinski definition) is 3. The molecule has 3 atom stereocenters. The summed E-state index contributed by atoms with van der Waals surface area (Å²) in [6.45, 7) is 0.404. The van der Waals surface area contributed by atoms with Crippen LogP contribution < -0.4 is 0 Å². The standard InChI is InChI=1S/C30H27ClF4N3O2/c31-23-10-6-22(7-11-23)27-18-28(37-36-27)25-15-17-38(40-29(39)30(33,34)35,16-14-20-4-2-1-3-5-20)19-26(25)21-8-12-24(32)13-9-21/h1-13,18,25-26H,14-17,19H2,(H,36,37)/q+1/t25-,26+,38?/m1/s1. The lowest BCUT2D eigenvalue weighted by molar-refractivity contribution is -1.09. The number of benzene rings is 3. The van der Waals surface area contributed by atoms with Crippen molar-refractivity contribution in [1.29, 1.82) is 0 Å². The number of piperidine rings is 1. The molecular weight excluding hydrogens is 546 g/mol. The second-order valence-electron chi connectivity index (χ2n) is 10.1. The first-order chi connectivity index (χ1) is 19.1. The van der Waals surface area contributed by atoms with Gasteiger partial charge < -0.3 is 0 Å². The molecule has 0 aliphatic carbocycles. The maximum atomic E-state index is 13.8. The SMILES string of the molecule is O=C(O[N+]1(CCc2ccccc2)CC[C@@H](c2cc(-c3ccc(Cl)cc3)[nH]n2)[C@H](c2ccc(F)cc2)C1)C(F)(F)F. The van der Waals surface area contributed by atoms with Crippen LogP contribution in [-0.4, -0.2) is 46.6 Å². The van der Waals surface area contributed by atoms with E-state index in [4.69, 9.17) is 16.4 Å². The molecule has 0 saturated carbocycles. The van der Waals surface area contributed by atoms with Gasteiger partial charge in [-0.3, -0.25) is 9.94 Å². The summed E-state index contributed by atoms with van der Waals surface area (Å²) >= 11 is 6.02. The molecule has 1 aliphatic heterocycles. The van der Waals surface area contributed by atoms with Crippen LogP contribution in [0.2, 0.25) is 5.02 Å². The number of aromatic nitrogens is 2. The Hall–Kier alpha value is -3.69. The summed E-state index contributed by atoms with van der Waals surface area (Å²) in [5, 5.41) is 8.20. The average Bonchev–Trinajstić information content (AvgIpc) is 3.43. The zero-order valence-electron chi connectivity index (χ0n) is 21.4. The number of alkyl halides is 3. The molecule has 0 radical (unpaired) electrons. The topological polar surface area (TPSA) is 55.0 Å². The predicted molar refractivity (Wildman–Crippen MR) is 143 cm³/mol. The van der Waals surface area contributed by atoms with Crippen molar-refractivity contribution >= 4 is 17.6 Å². The Labute approximate surface area is 233 Å². The van der Waals surface area contributed by atoms with E-state index in [0.29, 0.717) is 17.9 Å². The predicted octanol–water partition coefficient (Wildman–Crippen LogP) is 7.22. The summed E-state index contributed by atoms with van der Waals surface area (Å²) in [7, 11) is 0. The number of halogens is 5. The molecule has 1 fully saturated rings. The lowest BCUT2D eigenvalue weighted by Gasteiger charge is -2.43. The van der Waals surface area contributed by atoms with Gasteiger partial charge in [-0.15, -0.1) is 4.65 Å². The van der Waals surface area contributed by atoms with E-state index in [-0.39, 0.29) is 25.6 Å². The largest absolute Gasteiger partial charge is 0.497 e. The third-order valence-corrected chi connectivity index (χ3v) is 7.70. The van der Waals surface area contributed by atoms with E-state index in [1.807, 2.05) is 48.5 Å². The third kappa shape index (κ3) is 6.37. The second-order valence-corrected chi connectivity index (χ2v) is 10.5. The van der Waals surface area contributed by atoms with Gasteiger partial charge in [-0.25, -0.2) is 9.18 Å². The van der Waals surface area contributed by atoms with Crippen molar-refractivity contribution in [2.45, 2.75) is 30.9 Å². The van der Waals surface area contributed by atoms with Crippen molar-refractivity contribution in [1.82, 2.24) is 10.2 Å². The quantitative estimate of drug-likeness (QED) is 0.188. The Morgan fingerprint density at radius 1 is 1.00 bits per heavy atom. The summed E-state index contributed by atoms with van der Waals surface area (Å²) in [5.74, 6) is -3.25. The van der Waals surface area contributed by atoms with Crippen LogP contribution in [0.5, 0.6) is 0 Å². The van der Waals surface area contributed by atoms with Gasteiger partial charge in [0.05, 0.1) is 11.4 Å². The summed E-state index contributed by atoms with van der Waals surface area (Å²) in [5.41, 5.74) is 4.02. The van der Waals surface area contributed by atoms with Crippen molar-refractivity contribution < 1.29 is 31.8 Å². The Morgan fingerprint density at radius 3 is 2.38 bits per heavy atom. The minimum Gasteiger partial charge on any atom is -0.278 e. The number of nitrogens with zero attached hydrogens (tertiary/aromatic N) is 2. The Balaban J connectivity index is 1.49. The van der Waals surface area contributed by atoms with Crippen LogP contribution in [-0.2, 0) is 16.1 Å². The van der Waals surface area contributed by atoms with Gasteiger partial charge in [0.25, 0.3) is 0 Å². The van der Waals surface area contributed by atoms with Gasteiger partial charge in [0.1, 0.15) is 25.5 Å². The van der Waals surface area contributed by atoms with Crippen molar-refractivity contribution in [3.63, 3.8) is 0 Å². The van der Waals surface area contributed by atoms with Crippen LogP contribution in [0.3, 0.4) is 0 Å². The molecule has 1 aliphatic rings. The van der Waals surface area contributed by atoms with Crippen LogP contribution in [0.1, 0.15) is 35.1 Å². The van der Waals surface area contributed by atoms with E-state index >= 15 is 0 Å². The van der Waals surface area contributed by atoms with E-state index < -0.39 is 28.5 Å². The number of nitrogens with one attached hydrogen (secondary N) is 1. The van der Waals surface area contributed by atoms with Gasteiger partial charge in [0.2, 0.25) is 0 Å².